The maximum absolute atomic E-state index is 13.4. The van der Waals surface area contributed by atoms with Crippen LogP contribution in [0.25, 0.3) is 22.6 Å². The van der Waals surface area contributed by atoms with Crippen LogP contribution in [0.2, 0.25) is 5.02 Å². The number of carbonyl (C=O) groups excluding carboxylic acids is 1. The molecule has 0 fully saturated rings. The SMILES string of the molecule is CCOC(=O)CCCOc1cccn2c(=O)c(-c3cc(C)n(-c4cccc(Cl)c4)n3)c(C)nc12. The van der Waals surface area contributed by atoms with Crippen molar-refractivity contribution in [1.29, 1.82) is 0 Å². The van der Waals surface area contributed by atoms with Gasteiger partial charge >= 0.3 is 5.97 Å². The summed E-state index contributed by atoms with van der Waals surface area (Å²) in [6.45, 7) is 6.13. The number of aryl methyl sites for hydroxylation is 2. The molecule has 0 aliphatic heterocycles. The van der Waals surface area contributed by atoms with Gasteiger partial charge in [0, 0.05) is 23.3 Å². The maximum atomic E-state index is 13.4. The van der Waals surface area contributed by atoms with Crippen molar-refractivity contribution in [2.75, 3.05) is 13.2 Å². The average molecular weight is 481 g/mol. The number of nitrogens with zero attached hydrogens (tertiary/aromatic N) is 4. The fourth-order valence-corrected chi connectivity index (χ4v) is 3.93. The number of esters is 1. The summed E-state index contributed by atoms with van der Waals surface area (Å²) in [5.41, 5.74) is 3.33. The summed E-state index contributed by atoms with van der Waals surface area (Å²) >= 11 is 6.14. The molecule has 0 N–H and O–H groups in total. The quantitative estimate of drug-likeness (QED) is 0.272. The number of hydrogen-bond acceptors (Lipinski definition) is 6. The van der Waals surface area contributed by atoms with Crippen LogP contribution in [0.15, 0.2) is 53.5 Å². The second-order valence-corrected chi connectivity index (χ2v) is 8.20. The van der Waals surface area contributed by atoms with E-state index in [0.29, 0.717) is 53.0 Å². The van der Waals surface area contributed by atoms with Crippen LogP contribution in [0.1, 0.15) is 31.2 Å². The number of hydrogen-bond donors (Lipinski definition) is 0. The monoisotopic (exact) mass is 480 g/mol. The van der Waals surface area contributed by atoms with Gasteiger partial charge in [0.15, 0.2) is 11.4 Å². The number of pyridine rings is 1. The number of carbonyl (C=O) groups is 1. The van der Waals surface area contributed by atoms with E-state index in [1.165, 1.54) is 4.40 Å². The fraction of sp³-hybridized carbons (Fsp3) is 0.280. The zero-order chi connectivity index (χ0) is 24.2. The van der Waals surface area contributed by atoms with Crippen LogP contribution in [0.4, 0.5) is 0 Å². The smallest absolute Gasteiger partial charge is 0.305 e. The van der Waals surface area contributed by atoms with Crippen LogP contribution >= 0.6 is 11.6 Å². The van der Waals surface area contributed by atoms with Crippen LogP contribution in [0.5, 0.6) is 5.75 Å². The first-order chi connectivity index (χ1) is 16.4. The molecule has 0 saturated carbocycles. The molecule has 0 saturated heterocycles. The third kappa shape index (κ3) is 4.82. The van der Waals surface area contributed by atoms with E-state index in [4.69, 9.17) is 21.1 Å². The van der Waals surface area contributed by atoms with Gasteiger partial charge in [-0.3, -0.25) is 14.0 Å². The molecule has 9 heteroatoms. The summed E-state index contributed by atoms with van der Waals surface area (Å²) in [5.74, 6) is 0.213. The van der Waals surface area contributed by atoms with Crippen molar-refractivity contribution in [3.8, 4) is 22.7 Å². The molecule has 0 unspecified atom stereocenters. The summed E-state index contributed by atoms with van der Waals surface area (Å²) in [6, 6.07) is 12.7. The van der Waals surface area contributed by atoms with E-state index in [0.717, 1.165) is 11.4 Å². The first-order valence-electron chi connectivity index (χ1n) is 11.0. The molecular weight excluding hydrogens is 456 g/mol. The molecule has 3 heterocycles. The van der Waals surface area contributed by atoms with Crippen molar-refractivity contribution >= 4 is 23.2 Å². The Hall–Kier alpha value is -3.65. The highest BCUT2D eigenvalue weighted by Crippen LogP contribution is 2.25. The largest absolute Gasteiger partial charge is 0.490 e. The fourth-order valence-electron chi connectivity index (χ4n) is 3.75. The number of rotatable bonds is 8. The topological polar surface area (TPSA) is 87.7 Å². The third-order valence-corrected chi connectivity index (χ3v) is 5.52. The van der Waals surface area contributed by atoms with Crippen molar-refractivity contribution in [3.05, 3.63) is 75.4 Å². The molecule has 0 bridgehead atoms. The Bertz CT molecular complexity index is 1410. The predicted molar refractivity (Wildman–Crippen MR) is 130 cm³/mol. The Balaban J connectivity index is 1.66. The normalized spacial score (nSPS) is 11.1. The van der Waals surface area contributed by atoms with E-state index in [9.17, 15) is 9.59 Å². The molecule has 3 aromatic heterocycles. The number of ether oxygens (including phenoxy) is 2. The molecule has 0 atom stereocenters. The average Bonchev–Trinajstić information content (AvgIpc) is 3.18. The maximum Gasteiger partial charge on any atom is 0.305 e. The van der Waals surface area contributed by atoms with Gasteiger partial charge < -0.3 is 9.47 Å². The number of fused-ring (bicyclic) bond motifs is 1. The molecule has 8 nitrogen and oxygen atoms in total. The van der Waals surface area contributed by atoms with Crippen LogP contribution in [-0.2, 0) is 9.53 Å². The molecule has 0 aliphatic carbocycles. The van der Waals surface area contributed by atoms with E-state index >= 15 is 0 Å². The van der Waals surface area contributed by atoms with Gasteiger partial charge in [0.2, 0.25) is 0 Å². The highest BCUT2D eigenvalue weighted by molar-refractivity contribution is 6.30. The van der Waals surface area contributed by atoms with Crippen LogP contribution in [-0.4, -0.2) is 38.3 Å². The Morgan fingerprint density at radius 3 is 2.74 bits per heavy atom. The van der Waals surface area contributed by atoms with Gasteiger partial charge in [-0.15, -0.1) is 0 Å². The first-order valence-corrected chi connectivity index (χ1v) is 11.4. The highest BCUT2D eigenvalue weighted by atomic mass is 35.5. The minimum absolute atomic E-state index is 0.241. The van der Waals surface area contributed by atoms with E-state index < -0.39 is 0 Å². The second kappa shape index (κ2) is 10.1. The molecule has 176 valence electrons. The molecule has 0 radical (unpaired) electrons. The Morgan fingerprint density at radius 2 is 1.97 bits per heavy atom. The Kier molecular flexibility index (Phi) is 6.98. The lowest BCUT2D eigenvalue weighted by atomic mass is 10.1. The number of aromatic nitrogens is 4. The van der Waals surface area contributed by atoms with Gasteiger partial charge in [-0.05, 0) is 63.6 Å². The van der Waals surface area contributed by atoms with E-state index in [1.54, 1.807) is 42.9 Å². The highest BCUT2D eigenvalue weighted by Gasteiger charge is 2.18. The standard InChI is InChI=1S/C25H25ClN4O4/c1-4-33-22(31)11-7-13-34-21-10-6-12-29-24(21)27-17(3)23(25(29)32)20-14-16(2)30(28-20)19-9-5-8-18(26)15-19/h5-6,8-10,12,14-15H,4,7,11,13H2,1-3H3. The molecule has 0 aliphatic rings. The summed E-state index contributed by atoms with van der Waals surface area (Å²) in [6.07, 6.45) is 2.42. The van der Waals surface area contributed by atoms with Crippen LogP contribution in [0, 0.1) is 13.8 Å². The predicted octanol–water partition coefficient (Wildman–Crippen LogP) is 4.54. The van der Waals surface area contributed by atoms with E-state index in [-0.39, 0.29) is 17.9 Å². The Labute approximate surface area is 201 Å². The van der Waals surface area contributed by atoms with Crippen LogP contribution < -0.4 is 10.3 Å². The number of halogens is 1. The molecular formula is C25H25ClN4O4. The number of benzene rings is 1. The van der Waals surface area contributed by atoms with Gasteiger partial charge in [0.05, 0.1) is 30.2 Å². The molecule has 4 aromatic rings. The van der Waals surface area contributed by atoms with Crippen molar-refractivity contribution in [2.24, 2.45) is 0 Å². The zero-order valence-electron chi connectivity index (χ0n) is 19.2. The van der Waals surface area contributed by atoms with Gasteiger partial charge in [-0.25, -0.2) is 9.67 Å². The van der Waals surface area contributed by atoms with Crippen molar-refractivity contribution in [1.82, 2.24) is 19.2 Å². The van der Waals surface area contributed by atoms with Gasteiger partial charge in [-0.2, -0.15) is 5.10 Å². The van der Waals surface area contributed by atoms with E-state index in [1.807, 2.05) is 31.2 Å². The van der Waals surface area contributed by atoms with E-state index in [2.05, 4.69) is 10.1 Å². The first kappa shape index (κ1) is 23.5. The van der Waals surface area contributed by atoms with Crippen molar-refractivity contribution < 1.29 is 14.3 Å². The minimum atomic E-state index is -0.258. The molecule has 4 rings (SSSR count). The molecule has 0 spiro atoms. The summed E-state index contributed by atoms with van der Waals surface area (Å²) in [4.78, 5) is 29.6. The molecule has 0 amide bonds. The Morgan fingerprint density at radius 1 is 1.15 bits per heavy atom. The van der Waals surface area contributed by atoms with Crippen molar-refractivity contribution in [3.63, 3.8) is 0 Å². The van der Waals surface area contributed by atoms with Crippen molar-refractivity contribution in [2.45, 2.75) is 33.6 Å². The lowest BCUT2D eigenvalue weighted by Crippen LogP contribution is -2.20. The lowest BCUT2D eigenvalue weighted by Gasteiger charge is -2.11. The summed E-state index contributed by atoms with van der Waals surface area (Å²) in [5, 5.41) is 5.27. The molecule has 34 heavy (non-hydrogen) atoms. The minimum Gasteiger partial charge on any atom is -0.490 e. The molecule has 1 aromatic carbocycles. The van der Waals surface area contributed by atoms with Gasteiger partial charge in [-0.1, -0.05) is 17.7 Å². The van der Waals surface area contributed by atoms with Crippen LogP contribution in [0.3, 0.4) is 0 Å². The summed E-state index contributed by atoms with van der Waals surface area (Å²) in [7, 11) is 0. The second-order valence-electron chi connectivity index (χ2n) is 7.76. The zero-order valence-corrected chi connectivity index (χ0v) is 20.0. The van der Waals surface area contributed by atoms with Gasteiger partial charge in [0.25, 0.3) is 5.56 Å². The summed E-state index contributed by atoms with van der Waals surface area (Å²) < 4.78 is 14.0. The third-order valence-electron chi connectivity index (χ3n) is 5.28. The van der Waals surface area contributed by atoms with Gasteiger partial charge in [0.1, 0.15) is 5.69 Å². The lowest BCUT2D eigenvalue weighted by molar-refractivity contribution is -0.143.